The number of alkyl halides is 6. The van der Waals surface area contributed by atoms with Crippen LogP contribution < -0.4 is 24.8 Å². The molecule has 0 bridgehead atoms. The van der Waals surface area contributed by atoms with Crippen LogP contribution in [-0.2, 0) is 43.0 Å². The van der Waals surface area contributed by atoms with Gasteiger partial charge in [0.05, 0.1) is 0 Å². The first-order valence-electron chi connectivity index (χ1n) is 15.4. The third kappa shape index (κ3) is 11.1. The molecule has 2 aliphatic carbocycles. The summed E-state index contributed by atoms with van der Waals surface area (Å²) in [7, 11) is 0. The Morgan fingerprint density at radius 3 is 1.78 bits per heavy atom. The second-order valence-electron chi connectivity index (χ2n) is 12.5. The molecule has 0 fully saturated rings. The quantitative estimate of drug-likeness (QED) is 0.164. The molecule has 9 heteroatoms. The summed E-state index contributed by atoms with van der Waals surface area (Å²) in [5.74, 6) is 0.522. The first-order valence-corrected chi connectivity index (χ1v) is 16.6. The van der Waals surface area contributed by atoms with E-state index in [9.17, 15) is 26.3 Å². The van der Waals surface area contributed by atoms with E-state index in [1.54, 1.807) is 0 Å². The molecule has 0 spiro atoms. The van der Waals surface area contributed by atoms with Gasteiger partial charge < -0.3 is 24.8 Å². The maximum Gasteiger partial charge on any atom is -0.0253 e. The normalized spacial score (nSPS) is 14.7. The van der Waals surface area contributed by atoms with Gasteiger partial charge in [0, 0.05) is 0 Å². The molecular formula is C40H36Cl2F6Zr-2. The van der Waals surface area contributed by atoms with Crippen molar-refractivity contribution in [2.75, 3.05) is 0 Å². The van der Waals surface area contributed by atoms with E-state index in [2.05, 4.69) is 89.2 Å². The standard InChI is InChI=1S/C15H8F6.C13H9.C12H19.2ClH.Zr/c16-14(17,18)12-5-1-3-10(8-12)7-11-4-2-6-13(9-11)15(19,20)21;1-3-7-12-10(5-1)9-11-6-2-4-8-13(11)12;1-6-10-7-9(2)8-11(10)12(3,4)5;;;/h1-6,8-9H;1-5,7-8H,9H2;8-9H,6H2,1-5H3;2*1H;/q;2*-1;;;+2/p-2. The van der Waals surface area contributed by atoms with Gasteiger partial charge >= 0.3 is 137 Å². The third-order valence-electron chi connectivity index (χ3n) is 7.88. The molecule has 0 saturated carbocycles. The fourth-order valence-corrected chi connectivity index (χ4v) is 6.37. The molecule has 4 aromatic rings. The molecule has 4 aromatic carbocycles. The molecule has 1 unspecified atom stereocenters. The minimum atomic E-state index is -4.49. The van der Waals surface area contributed by atoms with Crippen molar-refractivity contribution in [3.63, 3.8) is 0 Å². The van der Waals surface area contributed by atoms with Crippen LogP contribution in [0.15, 0.2) is 108 Å². The Hall–Kier alpha value is -2.73. The number of hydrogen-bond acceptors (Lipinski definition) is 0. The van der Waals surface area contributed by atoms with E-state index in [1.807, 2.05) is 6.07 Å². The second kappa shape index (κ2) is 17.5. The van der Waals surface area contributed by atoms with Crippen LogP contribution in [0, 0.1) is 23.5 Å². The predicted octanol–water partition coefficient (Wildman–Crippen LogP) is 5.65. The number of hydrogen-bond donors (Lipinski definition) is 0. The Morgan fingerprint density at radius 1 is 0.755 bits per heavy atom. The second-order valence-corrected chi connectivity index (χ2v) is 13.8. The fraction of sp³-hybridized carbons (Fsp3) is 0.275. The minimum absolute atomic E-state index is 0. The molecule has 0 aliphatic heterocycles. The Morgan fingerprint density at radius 2 is 1.29 bits per heavy atom. The van der Waals surface area contributed by atoms with Gasteiger partial charge in [-0.3, -0.25) is 6.08 Å². The van der Waals surface area contributed by atoms with Crippen LogP contribution in [0.4, 0.5) is 26.3 Å². The zero-order chi connectivity index (χ0) is 34.6. The maximum absolute atomic E-state index is 12.7. The summed E-state index contributed by atoms with van der Waals surface area (Å²) in [5.41, 5.74) is 7.63. The van der Waals surface area contributed by atoms with Crippen molar-refractivity contribution in [1.82, 2.24) is 0 Å². The molecule has 0 amide bonds. The van der Waals surface area contributed by atoms with E-state index >= 15 is 0 Å². The van der Waals surface area contributed by atoms with Crippen molar-refractivity contribution in [3.8, 4) is 11.1 Å². The summed E-state index contributed by atoms with van der Waals surface area (Å²) < 4.78 is 76.7. The topological polar surface area (TPSA) is 0 Å². The predicted molar refractivity (Wildman–Crippen MR) is 173 cm³/mol. The summed E-state index contributed by atoms with van der Waals surface area (Å²) in [6, 6.07) is 27.3. The van der Waals surface area contributed by atoms with Crippen molar-refractivity contribution in [3.05, 3.63) is 154 Å². The van der Waals surface area contributed by atoms with Gasteiger partial charge in [-0.2, -0.15) is 41.5 Å². The smallest absolute Gasteiger partial charge is 0.0253 e. The van der Waals surface area contributed by atoms with Crippen molar-refractivity contribution in [2.45, 2.75) is 59.8 Å². The molecule has 0 heterocycles. The molecule has 0 N–H and O–H groups in total. The van der Waals surface area contributed by atoms with Crippen LogP contribution in [-0.4, -0.2) is 3.21 Å². The van der Waals surface area contributed by atoms with Crippen molar-refractivity contribution >= 4 is 3.21 Å². The van der Waals surface area contributed by atoms with Crippen LogP contribution in [0.3, 0.4) is 0 Å². The van der Waals surface area contributed by atoms with Crippen LogP contribution in [0.5, 0.6) is 0 Å². The molecule has 1 atom stereocenters. The van der Waals surface area contributed by atoms with Gasteiger partial charge in [-0.05, 0) is 6.42 Å². The van der Waals surface area contributed by atoms with Crippen molar-refractivity contribution < 1.29 is 75.4 Å². The summed E-state index contributed by atoms with van der Waals surface area (Å²) in [6.07, 6.45) is -0.975. The minimum Gasteiger partial charge on any atom is -1.00 e. The zero-order valence-corrected chi connectivity index (χ0v) is 31.7. The molecule has 258 valence electrons. The molecule has 0 saturated heterocycles. The fourth-order valence-electron chi connectivity index (χ4n) is 5.61. The van der Waals surface area contributed by atoms with E-state index in [4.69, 9.17) is 0 Å². The Bertz CT molecular complexity index is 1690. The van der Waals surface area contributed by atoms with Crippen LogP contribution >= 0.6 is 0 Å². The van der Waals surface area contributed by atoms with Gasteiger partial charge in [0.15, 0.2) is 0 Å². The SMILES string of the molecule is CCC1=[C-]C(C)C=C1C(C)(C)C.FC(F)(F)c1cccc([C](=[Zr+2])c2cccc(C(F)(F)F)c2)c1.[Cl-].[Cl-].[c-]1cccc2c1Cc1ccccc1-2. The number of halogens is 8. The first-order chi connectivity index (χ1) is 22.0. The molecule has 49 heavy (non-hydrogen) atoms. The van der Waals surface area contributed by atoms with Gasteiger partial charge in [0.2, 0.25) is 0 Å². The van der Waals surface area contributed by atoms with E-state index < -0.39 is 23.5 Å². The Kier molecular flexibility index (Phi) is 15.1. The third-order valence-corrected chi connectivity index (χ3v) is 9.30. The molecule has 0 nitrogen and oxygen atoms in total. The summed E-state index contributed by atoms with van der Waals surface area (Å²) in [4.78, 5) is 0. The summed E-state index contributed by atoms with van der Waals surface area (Å²) in [6.45, 7) is 11.2. The van der Waals surface area contributed by atoms with E-state index in [0.717, 1.165) is 61.3 Å². The van der Waals surface area contributed by atoms with Gasteiger partial charge in [0.1, 0.15) is 0 Å². The number of allylic oxidation sites excluding steroid dienone is 4. The molecule has 0 radical (unpaired) electrons. The van der Waals surface area contributed by atoms with Crippen LogP contribution in [0.1, 0.15) is 74.4 Å². The van der Waals surface area contributed by atoms with Crippen molar-refractivity contribution in [1.29, 1.82) is 0 Å². The van der Waals surface area contributed by atoms with Gasteiger partial charge in [-0.25, -0.2) is 5.57 Å². The summed E-state index contributed by atoms with van der Waals surface area (Å²) in [5, 5.41) is 0. The molecule has 2 aliphatic rings. The van der Waals surface area contributed by atoms with E-state index in [1.165, 1.54) is 57.7 Å². The van der Waals surface area contributed by atoms with E-state index in [0.29, 0.717) is 14.5 Å². The Labute approximate surface area is 312 Å². The summed E-state index contributed by atoms with van der Waals surface area (Å²) >= 11 is 0.729. The van der Waals surface area contributed by atoms with Gasteiger partial charge in [0.25, 0.3) is 0 Å². The average Bonchev–Trinajstić information content (AvgIpc) is 3.61. The molecular weight excluding hydrogens is 757 g/mol. The maximum atomic E-state index is 12.7. The van der Waals surface area contributed by atoms with Crippen LogP contribution in [0.25, 0.3) is 11.1 Å². The number of fused-ring (bicyclic) bond motifs is 3. The first kappa shape index (κ1) is 42.4. The zero-order valence-electron chi connectivity index (χ0n) is 27.8. The number of rotatable bonds is 3. The van der Waals surface area contributed by atoms with Gasteiger partial charge in [-0.1, -0.05) is 87.8 Å². The molecule has 0 aromatic heterocycles. The van der Waals surface area contributed by atoms with Crippen molar-refractivity contribution in [2.24, 2.45) is 11.3 Å². The number of benzene rings is 4. The van der Waals surface area contributed by atoms with E-state index in [-0.39, 0.29) is 35.9 Å². The molecule has 6 rings (SSSR count). The Balaban J connectivity index is 0.000000265. The largest absolute Gasteiger partial charge is 1.00 e. The van der Waals surface area contributed by atoms with Crippen LogP contribution in [0.2, 0.25) is 0 Å². The average molecular weight is 793 g/mol. The monoisotopic (exact) mass is 790 g/mol. The van der Waals surface area contributed by atoms with Gasteiger partial charge in [-0.15, -0.1) is 5.56 Å².